The Hall–Kier alpha value is -3.50. The summed E-state index contributed by atoms with van der Waals surface area (Å²) in [6.07, 6.45) is 6.29. The van der Waals surface area contributed by atoms with E-state index in [1.165, 1.54) is 68.2 Å². The summed E-state index contributed by atoms with van der Waals surface area (Å²) in [7, 11) is -2.89. The zero-order chi connectivity index (χ0) is 27.7. The van der Waals surface area contributed by atoms with Gasteiger partial charge in [-0.25, -0.2) is 22.6 Å². The lowest BCUT2D eigenvalue weighted by Gasteiger charge is -2.28. The maximum absolute atomic E-state index is 14.3. The van der Waals surface area contributed by atoms with Gasteiger partial charge in [0.25, 0.3) is 10.0 Å². The molecule has 0 bridgehead atoms. The van der Waals surface area contributed by atoms with Crippen LogP contribution in [0.4, 0.5) is 10.1 Å². The first-order valence-electron chi connectivity index (χ1n) is 12.8. The van der Waals surface area contributed by atoms with Gasteiger partial charge in [-0.2, -0.15) is 0 Å². The van der Waals surface area contributed by atoms with Crippen LogP contribution in [0.15, 0.2) is 59.5 Å². The number of ether oxygens (including phenoxy) is 1. The first-order valence-corrected chi connectivity index (χ1v) is 15.1. The fraction of sp³-hybridized carbons (Fsp3) is 0.310. The Labute approximate surface area is 230 Å². The lowest BCUT2D eigenvalue weighted by atomic mass is 9.78. The highest BCUT2D eigenvalue weighted by Gasteiger charge is 2.23. The van der Waals surface area contributed by atoms with Crippen LogP contribution in [0, 0.1) is 11.7 Å². The Bertz CT molecular complexity index is 1630. The number of aromatic nitrogens is 1. The van der Waals surface area contributed by atoms with Crippen molar-refractivity contribution in [3.63, 3.8) is 0 Å². The molecule has 1 saturated carbocycles. The standard InChI is InChI=1S/C29H29FN2O5S2/c1-3-17-4-6-18(7-5-17)19-8-10-20(11-9-19)28-31-24-13-12-21(14-27(24)38-28)39(35,36)32-25-16-23(30)22(29(33)34)15-26(25)37-2/h8-18,32H,3-7H2,1-2H3,(H,33,34)/t17-,18-. The molecule has 204 valence electrons. The third-order valence-corrected chi connectivity index (χ3v) is 9.92. The molecule has 1 aromatic heterocycles. The summed E-state index contributed by atoms with van der Waals surface area (Å²) >= 11 is 1.39. The Balaban J connectivity index is 1.37. The molecule has 5 rings (SSSR count). The van der Waals surface area contributed by atoms with E-state index in [4.69, 9.17) is 14.8 Å². The fourth-order valence-electron chi connectivity index (χ4n) is 5.17. The van der Waals surface area contributed by atoms with E-state index in [1.807, 2.05) is 0 Å². The quantitative estimate of drug-likeness (QED) is 0.231. The molecule has 1 fully saturated rings. The van der Waals surface area contributed by atoms with Crippen LogP contribution in [0.3, 0.4) is 0 Å². The van der Waals surface area contributed by atoms with Crippen molar-refractivity contribution in [2.75, 3.05) is 11.8 Å². The number of rotatable bonds is 8. The molecule has 0 radical (unpaired) electrons. The van der Waals surface area contributed by atoms with Crippen LogP contribution >= 0.6 is 11.3 Å². The second-order valence-electron chi connectivity index (χ2n) is 9.84. The van der Waals surface area contributed by atoms with Crippen molar-refractivity contribution in [1.29, 1.82) is 0 Å². The number of hydrogen-bond acceptors (Lipinski definition) is 6. The van der Waals surface area contributed by atoms with Gasteiger partial charge in [0.1, 0.15) is 16.6 Å². The molecular weight excluding hydrogens is 539 g/mol. The van der Waals surface area contributed by atoms with Crippen LogP contribution in [0.5, 0.6) is 5.75 Å². The van der Waals surface area contributed by atoms with Crippen molar-refractivity contribution in [2.24, 2.45) is 5.92 Å². The van der Waals surface area contributed by atoms with E-state index in [9.17, 15) is 17.6 Å². The summed E-state index contributed by atoms with van der Waals surface area (Å²) in [5.74, 6) is -1.22. The van der Waals surface area contributed by atoms with Crippen LogP contribution in [0.25, 0.3) is 20.8 Å². The van der Waals surface area contributed by atoms with E-state index >= 15 is 0 Å². The number of hydrogen-bond donors (Lipinski definition) is 2. The van der Waals surface area contributed by atoms with Gasteiger partial charge in [0.15, 0.2) is 0 Å². The number of carboxylic acids is 1. The van der Waals surface area contributed by atoms with Crippen LogP contribution in [-0.4, -0.2) is 31.6 Å². The summed E-state index contributed by atoms with van der Waals surface area (Å²) in [5.41, 5.74) is 2.18. The summed E-state index contributed by atoms with van der Waals surface area (Å²) in [6, 6.07) is 14.8. The first kappa shape index (κ1) is 27.1. The van der Waals surface area contributed by atoms with E-state index in [2.05, 4.69) is 35.9 Å². The fourth-order valence-corrected chi connectivity index (χ4v) is 7.34. The van der Waals surface area contributed by atoms with Gasteiger partial charge in [0.2, 0.25) is 0 Å². The molecule has 4 aromatic rings. The van der Waals surface area contributed by atoms with Gasteiger partial charge in [0, 0.05) is 11.6 Å². The Kier molecular flexibility index (Phi) is 7.59. The molecule has 0 amide bonds. The minimum atomic E-state index is -4.13. The van der Waals surface area contributed by atoms with Gasteiger partial charge < -0.3 is 9.84 Å². The van der Waals surface area contributed by atoms with Crippen molar-refractivity contribution in [2.45, 2.75) is 49.8 Å². The number of carboxylic acid groups (broad SMARTS) is 1. The SMILES string of the molecule is CC[C@H]1CC[C@H](c2ccc(-c3nc4ccc(S(=O)(=O)Nc5cc(F)c(C(=O)O)cc5OC)cc4s3)cc2)CC1. The number of nitrogens with one attached hydrogen (secondary N) is 1. The van der Waals surface area contributed by atoms with Crippen molar-refractivity contribution in [3.8, 4) is 16.3 Å². The number of aromatic carboxylic acids is 1. The van der Waals surface area contributed by atoms with Crippen LogP contribution in [0.1, 0.15) is 60.9 Å². The molecule has 1 aliphatic rings. The van der Waals surface area contributed by atoms with Crippen molar-refractivity contribution in [3.05, 3.63) is 71.5 Å². The highest BCUT2D eigenvalue weighted by Crippen LogP contribution is 2.38. The minimum Gasteiger partial charge on any atom is -0.495 e. The average Bonchev–Trinajstić information content (AvgIpc) is 3.37. The highest BCUT2D eigenvalue weighted by molar-refractivity contribution is 7.92. The molecule has 0 aliphatic heterocycles. The molecule has 10 heteroatoms. The molecule has 0 spiro atoms. The van der Waals surface area contributed by atoms with Crippen LogP contribution in [-0.2, 0) is 10.0 Å². The number of nitrogens with zero attached hydrogens (tertiary/aromatic N) is 1. The largest absolute Gasteiger partial charge is 0.495 e. The summed E-state index contributed by atoms with van der Waals surface area (Å²) < 4.78 is 48.6. The number of halogens is 1. The molecule has 1 aliphatic carbocycles. The average molecular weight is 569 g/mol. The van der Waals surface area contributed by atoms with E-state index < -0.39 is 27.4 Å². The maximum atomic E-state index is 14.3. The van der Waals surface area contributed by atoms with Gasteiger partial charge in [-0.15, -0.1) is 11.3 Å². The molecule has 2 N–H and O–H groups in total. The summed E-state index contributed by atoms with van der Waals surface area (Å²) in [5, 5.41) is 9.92. The Morgan fingerprint density at radius 2 is 1.82 bits per heavy atom. The third kappa shape index (κ3) is 5.62. The normalized spacial score (nSPS) is 17.7. The number of sulfonamides is 1. The monoisotopic (exact) mass is 568 g/mol. The van der Waals surface area contributed by atoms with Gasteiger partial charge in [-0.05, 0) is 67.3 Å². The number of methoxy groups -OCH3 is 1. The molecule has 39 heavy (non-hydrogen) atoms. The van der Waals surface area contributed by atoms with Crippen molar-refractivity contribution in [1.82, 2.24) is 4.98 Å². The maximum Gasteiger partial charge on any atom is 0.338 e. The molecule has 1 heterocycles. The van der Waals surface area contributed by atoms with Gasteiger partial charge >= 0.3 is 5.97 Å². The number of thiazole rings is 1. The second kappa shape index (κ2) is 10.9. The van der Waals surface area contributed by atoms with Crippen LogP contribution in [0.2, 0.25) is 0 Å². The van der Waals surface area contributed by atoms with Crippen LogP contribution < -0.4 is 9.46 Å². The Morgan fingerprint density at radius 1 is 1.10 bits per heavy atom. The van der Waals surface area contributed by atoms with Crippen molar-refractivity contribution < 1.29 is 27.4 Å². The molecule has 7 nitrogen and oxygen atoms in total. The molecular formula is C29H29FN2O5S2. The zero-order valence-corrected chi connectivity index (χ0v) is 23.2. The first-order chi connectivity index (χ1) is 18.7. The number of benzene rings is 3. The van der Waals surface area contributed by atoms with Gasteiger partial charge in [-0.1, -0.05) is 37.6 Å². The van der Waals surface area contributed by atoms with E-state index in [0.29, 0.717) is 16.1 Å². The summed E-state index contributed by atoms with van der Waals surface area (Å²) in [4.78, 5) is 15.9. The lowest BCUT2D eigenvalue weighted by molar-refractivity contribution is 0.0691. The second-order valence-corrected chi connectivity index (χ2v) is 12.6. The Morgan fingerprint density at radius 3 is 2.46 bits per heavy atom. The van der Waals surface area contributed by atoms with Crippen molar-refractivity contribution >= 4 is 43.2 Å². The van der Waals surface area contributed by atoms with Gasteiger partial charge in [0.05, 0.1) is 33.5 Å². The predicted octanol–water partition coefficient (Wildman–Crippen LogP) is 7.29. The molecule has 3 aromatic carbocycles. The topological polar surface area (TPSA) is 106 Å². The molecule has 0 unspecified atom stereocenters. The molecule has 0 atom stereocenters. The smallest absolute Gasteiger partial charge is 0.338 e. The number of anilines is 1. The number of fused-ring (bicyclic) bond motifs is 1. The van der Waals surface area contributed by atoms with E-state index in [0.717, 1.165) is 28.6 Å². The summed E-state index contributed by atoms with van der Waals surface area (Å²) in [6.45, 7) is 2.27. The van der Waals surface area contributed by atoms with E-state index in [-0.39, 0.29) is 16.3 Å². The molecule has 0 saturated heterocycles. The van der Waals surface area contributed by atoms with E-state index in [1.54, 1.807) is 6.07 Å². The van der Waals surface area contributed by atoms with Gasteiger partial charge in [-0.3, -0.25) is 4.72 Å². The lowest BCUT2D eigenvalue weighted by Crippen LogP contribution is -2.14. The number of carbonyl (C=O) groups is 1. The predicted molar refractivity (Wildman–Crippen MR) is 151 cm³/mol. The highest BCUT2D eigenvalue weighted by atomic mass is 32.2. The third-order valence-electron chi connectivity index (χ3n) is 7.49. The zero-order valence-electron chi connectivity index (χ0n) is 21.6. The minimum absolute atomic E-state index is 0.0343.